The summed E-state index contributed by atoms with van der Waals surface area (Å²) in [6.45, 7) is 3.34. The van der Waals surface area contributed by atoms with Crippen molar-refractivity contribution in [1.29, 1.82) is 0 Å². The maximum Gasteiger partial charge on any atom is 0.223 e. The second-order valence-electron chi connectivity index (χ2n) is 5.97. The number of methoxy groups -OCH3 is 2. The van der Waals surface area contributed by atoms with Gasteiger partial charge in [-0.1, -0.05) is 0 Å². The van der Waals surface area contributed by atoms with Crippen molar-refractivity contribution in [3.05, 3.63) is 18.2 Å². The SMILES string of the molecule is COc1ccc(N(CCC(=O)NCCCN(C)C)C(C)=O)cc1OC. The van der Waals surface area contributed by atoms with Gasteiger partial charge in [0.1, 0.15) is 0 Å². The highest BCUT2D eigenvalue weighted by Crippen LogP contribution is 2.31. The molecule has 25 heavy (non-hydrogen) atoms. The molecule has 0 heterocycles. The fraction of sp³-hybridized carbons (Fsp3) is 0.556. The fourth-order valence-electron chi connectivity index (χ4n) is 2.39. The molecule has 0 radical (unpaired) electrons. The highest BCUT2D eigenvalue weighted by Gasteiger charge is 2.15. The molecule has 7 heteroatoms. The van der Waals surface area contributed by atoms with Crippen LogP contribution in [0.15, 0.2) is 18.2 Å². The van der Waals surface area contributed by atoms with Crippen LogP contribution < -0.4 is 19.7 Å². The normalized spacial score (nSPS) is 10.5. The Labute approximate surface area is 149 Å². The summed E-state index contributed by atoms with van der Waals surface area (Å²) in [6.07, 6.45) is 1.14. The number of ether oxygens (including phenoxy) is 2. The molecule has 0 atom stereocenters. The van der Waals surface area contributed by atoms with E-state index in [2.05, 4.69) is 10.2 Å². The van der Waals surface area contributed by atoms with E-state index in [1.807, 2.05) is 14.1 Å². The van der Waals surface area contributed by atoms with Crippen molar-refractivity contribution < 1.29 is 19.1 Å². The average Bonchev–Trinajstić information content (AvgIpc) is 2.58. The summed E-state index contributed by atoms with van der Waals surface area (Å²) in [5.74, 6) is 0.936. The molecule has 0 saturated heterocycles. The van der Waals surface area contributed by atoms with Crippen LogP contribution in [0, 0.1) is 0 Å². The lowest BCUT2D eigenvalue weighted by Crippen LogP contribution is -2.34. The van der Waals surface area contributed by atoms with Gasteiger partial charge in [0, 0.05) is 38.2 Å². The second-order valence-corrected chi connectivity index (χ2v) is 5.97. The van der Waals surface area contributed by atoms with Crippen LogP contribution in [0.25, 0.3) is 0 Å². The first-order chi connectivity index (χ1) is 11.9. The van der Waals surface area contributed by atoms with Crippen LogP contribution in [0.3, 0.4) is 0 Å². The Morgan fingerprint density at radius 1 is 1.08 bits per heavy atom. The van der Waals surface area contributed by atoms with Gasteiger partial charge in [0.25, 0.3) is 0 Å². The topological polar surface area (TPSA) is 71.1 Å². The van der Waals surface area contributed by atoms with E-state index >= 15 is 0 Å². The van der Waals surface area contributed by atoms with Crippen molar-refractivity contribution in [2.45, 2.75) is 19.8 Å². The summed E-state index contributed by atoms with van der Waals surface area (Å²) in [5.41, 5.74) is 0.672. The number of anilines is 1. The molecule has 1 aromatic carbocycles. The second kappa shape index (κ2) is 10.6. The largest absolute Gasteiger partial charge is 0.493 e. The van der Waals surface area contributed by atoms with E-state index in [0.29, 0.717) is 30.3 Å². The van der Waals surface area contributed by atoms with Crippen LogP contribution in [-0.2, 0) is 9.59 Å². The molecular formula is C18H29N3O4. The van der Waals surface area contributed by atoms with Crippen LogP contribution >= 0.6 is 0 Å². The summed E-state index contributed by atoms with van der Waals surface area (Å²) in [4.78, 5) is 27.6. The Morgan fingerprint density at radius 3 is 2.32 bits per heavy atom. The zero-order valence-corrected chi connectivity index (χ0v) is 15.8. The smallest absolute Gasteiger partial charge is 0.223 e. The minimum atomic E-state index is -0.132. The van der Waals surface area contributed by atoms with Gasteiger partial charge in [-0.25, -0.2) is 0 Å². The van der Waals surface area contributed by atoms with Crippen LogP contribution in [0.4, 0.5) is 5.69 Å². The fourth-order valence-corrected chi connectivity index (χ4v) is 2.39. The highest BCUT2D eigenvalue weighted by molar-refractivity contribution is 5.92. The molecule has 0 aromatic heterocycles. The molecule has 0 bridgehead atoms. The van der Waals surface area contributed by atoms with Crippen molar-refractivity contribution in [3.8, 4) is 11.5 Å². The lowest BCUT2D eigenvalue weighted by atomic mass is 10.2. The van der Waals surface area contributed by atoms with Gasteiger partial charge < -0.3 is 24.6 Å². The lowest BCUT2D eigenvalue weighted by molar-refractivity contribution is -0.121. The van der Waals surface area contributed by atoms with Gasteiger partial charge in [-0.15, -0.1) is 0 Å². The van der Waals surface area contributed by atoms with E-state index in [0.717, 1.165) is 13.0 Å². The number of nitrogens with zero attached hydrogens (tertiary/aromatic N) is 2. The third kappa shape index (κ3) is 7.01. The standard InChI is InChI=1S/C18H29N3O4/c1-14(22)21(12-9-18(23)19-10-6-11-20(2)3)15-7-8-16(24-4)17(13-15)25-5/h7-8,13H,6,9-12H2,1-5H3,(H,19,23). The number of hydrogen-bond donors (Lipinski definition) is 1. The molecule has 0 fully saturated rings. The van der Waals surface area contributed by atoms with Crippen LogP contribution in [0.5, 0.6) is 11.5 Å². The van der Waals surface area contributed by atoms with Gasteiger partial charge in [-0.2, -0.15) is 0 Å². The Bertz CT molecular complexity index is 575. The molecule has 1 N–H and O–H groups in total. The molecule has 2 amide bonds. The first kappa shape index (κ1) is 20.8. The Morgan fingerprint density at radius 2 is 1.76 bits per heavy atom. The van der Waals surface area contributed by atoms with Crippen LogP contribution in [-0.4, -0.2) is 64.7 Å². The van der Waals surface area contributed by atoms with E-state index in [1.165, 1.54) is 6.92 Å². The molecule has 0 aliphatic heterocycles. The molecule has 140 valence electrons. The monoisotopic (exact) mass is 351 g/mol. The van der Waals surface area contributed by atoms with Crippen molar-refractivity contribution >= 4 is 17.5 Å². The average molecular weight is 351 g/mol. The number of benzene rings is 1. The molecular weight excluding hydrogens is 322 g/mol. The quantitative estimate of drug-likeness (QED) is 0.647. The van der Waals surface area contributed by atoms with Crippen molar-refractivity contribution in [1.82, 2.24) is 10.2 Å². The molecule has 1 rings (SSSR count). The first-order valence-electron chi connectivity index (χ1n) is 8.30. The third-order valence-corrected chi connectivity index (χ3v) is 3.73. The number of hydrogen-bond acceptors (Lipinski definition) is 5. The van der Waals surface area contributed by atoms with Crippen molar-refractivity contribution in [2.24, 2.45) is 0 Å². The Hall–Kier alpha value is -2.28. The summed E-state index contributed by atoms with van der Waals surface area (Å²) >= 11 is 0. The number of carbonyl (C=O) groups excluding carboxylic acids is 2. The van der Waals surface area contributed by atoms with E-state index in [9.17, 15) is 9.59 Å². The predicted octanol–water partition coefficient (Wildman–Crippen LogP) is 1.51. The predicted molar refractivity (Wildman–Crippen MR) is 98.4 cm³/mol. The lowest BCUT2D eigenvalue weighted by Gasteiger charge is -2.22. The number of nitrogens with one attached hydrogen (secondary N) is 1. The van der Waals surface area contributed by atoms with Gasteiger partial charge in [0.15, 0.2) is 11.5 Å². The number of amides is 2. The maximum absolute atomic E-state index is 12.0. The van der Waals surface area contributed by atoms with E-state index < -0.39 is 0 Å². The molecule has 0 unspecified atom stereocenters. The summed E-state index contributed by atoms with van der Waals surface area (Å²) in [6, 6.07) is 5.25. The van der Waals surface area contributed by atoms with Gasteiger partial charge in [-0.3, -0.25) is 9.59 Å². The van der Waals surface area contributed by atoms with E-state index in [-0.39, 0.29) is 18.2 Å². The molecule has 1 aromatic rings. The molecule has 0 spiro atoms. The summed E-state index contributed by atoms with van der Waals surface area (Å²) in [7, 11) is 7.09. The van der Waals surface area contributed by atoms with Gasteiger partial charge in [-0.05, 0) is 39.2 Å². The minimum absolute atomic E-state index is 0.0644. The van der Waals surface area contributed by atoms with Crippen LogP contribution in [0.2, 0.25) is 0 Å². The van der Waals surface area contributed by atoms with E-state index in [1.54, 1.807) is 37.3 Å². The Kier molecular flexibility index (Phi) is 8.77. The van der Waals surface area contributed by atoms with Gasteiger partial charge in [0.05, 0.1) is 14.2 Å². The number of carbonyl (C=O) groups is 2. The van der Waals surface area contributed by atoms with Crippen molar-refractivity contribution in [3.63, 3.8) is 0 Å². The molecule has 7 nitrogen and oxygen atoms in total. The third-order valence-electron chi connectivity index (χ3n) is 3.73. The zero-order chi connectivity index (χ0) is 18.8. The van der Waals surface area contributed by atoms with Gasteiger partial charge >= 0.3 is 0 Å². The summed E-state index contributed by atoms with van der Waals surface area (Å²) < 4.78 is 10.5. The van der Waals surface area contributed by atoms with Crippen LogP contribution in [0.1, 0.15) is 19.8 Å². The first-order valence-corrected chi connectivity index (χ1v) is 8.30. The number of rotatable bonds is 10. The molecule has 0 aliphatic carbocycles. The molecule has 0 saturated carbocycles. The summed E-state index contributed by atoms with van der Waals surface area (Å²) in [5, 5.41) is 2.88. The minimum Gasteiger partial charge on any atom is -0.493 e. The highest BCUT2D eigenvalue weighted by atomic mass is 16.5. The zero-order valence-electron chi connectivity index (χ0n) is 15.8. The van der Waals surface area contributed by atoms with E-state index in [4.69, 9.17) is 9.47 Å². The maximum atomic E-state index is 12.0. The molecule has 0 aliphatic rings. The van der Waals surface area contributed by atoms with Gasteiger partial charge in [0.2, 0.25) is 11.8 Å². The Balaban J connectivity index is 2.63. The van der Waals surface area contributed by atoms with Crippen molar-refractivity contribution in [2.75, 3.05) is 52.8 Å².